The Kier molecular flexibility index (Phi) is 3.87. The average molecular weight is 287 g/mol. The zero-order valence-corrected chi connectivity index (χ0v) is 13.9. The molecule has 0 saturated heterocycles. The average Bonchev–Trinajstić information content (AvgIpc) is 2.91. The summed E-state index contributed by atoms with van der Waals surface area (Å²) in [4.78, 5) is 0. The molecule has 0 radical (unpaired) electrons. The lowest BCUT2D eigenvalue weighted by Crippen LogP contribution is -2.50. The van der Waals surface area contributed by atoms with Gasteiger partial charge in [-0.25, -0.2) is 0 Å². The van der Waals surface area contributed by atoms with Crippen LogP contribution in [0.5, 0.6) is 0 Å². The van der Waals surface area contributed by atoms with Gasteiger partial charge >= 0.3 is 0 Å². The molecule has 3 rings (SSSR count). The quantitative estimate of drug-likeness (QED) is 0.879. The molecule has 21 heavy (non-hydrogen) atoms. The number of hydrogen-bond donors (Lipinski definition) is 1. The van der Waals surface area contributed by atoms with E-state index < -0.39 is 0 Å². The molecule has 2 aliphatic carbocycles. The van der Waals surface area contributed by atoms with Crippen molar-refractivity contribution in [1.29, 1.82) is 0 Å². The van der Waals surface area contributed by atoms with Gasteiger partial charge in [0.05, 0.1) is 6.61 Å². The predicted molar refractivity (Wildman–Crippen MR) is 87.0 cm³/mol. The number of nitrogens with one attached hydrogen (secondary N) is 1. The van der Waals surface area contributed by atoms with Crippen LogP contribution in [-0.4, -0.2) is 13.2 Å². The van der Waals surface area contributed by atoms with E-state index in [-0.39, 0.29) is 0 Å². The summed E-state index contributed by atoms with van der Waals surface area (Å²) in [5.41, 5.74) is 3.59. The monoisotopic (exact) mass is 287 g/mol. The van der Waals surface area contributed by atoms with Gasteiger partial charge in [0.1, 0.15) is 0 Å². The fourth-order valence-electron chi connectivity index (χ4n) is 5.05. The Morgan fingerprint density at radius 3 is 2.52 bits per heavy atom. The topological polar surface area (TPSA) is 21.3 Å². The minimum atomic E-state index is 0.420. The van der Waals surface area contributed by atoms with Crippen LogP contribution in [-0.2, 0) is 17.9 Å². The van der Waals surface area contributed by atoms with Crippen molar-refractivity contribution in [2.45, 2.75) is 59.2 Å². The third-order valence-corrected chi connectivity index (χ3v) is 6.18. The number of rotatable bonds is 5. The van der Waals surface area contributed by atoms with Gasteiger partial charge < -0.3 is 10.1 Å². The van der Waals surface area contributed by atoms with E-state index in [1.807, 2.05) is 0 Å². The van der Waals surface area contributed by atoms with Crippen LogP contribution in [0.2, 0.25) is 0 Å². The summed E-state index contributed by atoms with van der Waals surface area (Å²) in [6.07, 6.45) is 4.21. The molecule has 1 aromatic rings. The maximum atomic E-state index is 5.32. The molecule has 0 aliphatic heterocycles. The summed E-state index contributed by atoms with van der Waals surface area (Å²) < 4.78 is 5.32. The van der Waals surface area contributed by atoms with Crippen LogP contribution in [0.25, 0.3) is 0 Å². The second kappa shape index (κ2) is 5.40. The number of methoxy groups -OCH3 is 1. The molecule has 0 amide bonds. The van der Waals surface area contributed by atoms with E-state index in [2.05, 4.69) is 50.4 Å². The van der Waals surface area contributed by atoms with E-state index in [1.54, 1.807) is 7.11 Å². The Hall–Kier alpha value is -0.860. The first-order chi connectivity index (χ1) is 9.97. The van der Waals surface area contributed by atoms with Crippen molar-refractivity contribution in [1.82, 2.24) is 5.32 Å². The van der Waals surface area contributed by atoms with Gasteiger partial charge in [-0.3, -0.25) is 0 Å². The van der Waals surface area contributed by atoms with Gasteiger partial charge in [0.2, 0.25) is 0 Å². The summed E-state index contributed by atoms with van der Waals surface area (Å²) in [7, 11) is 1.77. The zero-order valence-electron chi connectivity index (χ0n) is 13.9. The van der Waals surface area contributed by atoms with Crippen LogP contribution in [0.3, 0.4) is 0 Å². The summed E-state index contributed by atoms with van der Waals surface area (Å²) >= 11 is 0. The molecule has 0 heterocycles. The third-order valence-electron chi connectivity index (χ3n) is 6.18. The van der Waals surface area contributed by atoms with Crippen LogP contribution in [0.15, 0.2) is 24.3 Å². The SMILES string of the molecule is COCc1ccccc1CNC1C2(C)CCC(C2)C1(C)C. The van der Waals surface area contributed by atoms with E-state index in [1.165, 1.54) is 30.4 Å². The molecule has 1 aromatic carbocycles. The van der Waals surface area contributed by atoms with Crippen molar-refractivity contribution in [3.05, 3.63) is 35.4 Å². The Labute approximate surface area is 129 Å². The molecular weight excluding hydrogens is 258 g/mol. The molecule has 2 heteroatoms. The highest BCUT2D eigenvalue weighted by atomic mass is 16.5. The van der Waals surface area contributed by atoms with Crippen molar-refractivity contribution in [3.8, 4) is 0 Å². The largest absolute Gasteiger partial charge is 0.380 e. The first-order valence-corrected chi connectivity index (χ1v) is 8.26. The summed E-state index contributed by atoms with van der Waals surface area (Å²) in [5, 5.41) is 3.90. The van der Waals surface area contributed by atoms with E-state index in [9.17, 15) is 0 Å². The zero-order chi connectivity index (χ0) is 15.1. The highest BCUT2D eigenvalue weighted by Gasteiger charge is 2.58. The second-order valence-electron chi connectivity index (χ2n) is 7.93. The van der Waals surface area contributed by atoms with E-state index in [0.29, 0.717) is 23.5 Å². The molecular formula is C19H29NO. The van der Waals surface area contributed by atoms with Gasteiger partial charge in [-0.1, -0.05) is 45.0 Å². The van der Waals surface area contributed by atoms with Crippen molar-refractivity contribution >= 4 is 0 Å². The molecule has 3 unspecified atom stereocenters. The van der Waals surface area contributed by atoms with Crippen LogP contribution in [0.4, 0.5) is 0 Å². The molecule has 2 fully saturated rings. The van der Waals surface area contributed by atoms with Crippen molar-refractivity contribution in [3.63, 3.8) is 0 Å². The maximum absolute atomic E-state index is 5.32. The van der Waals surface area contributed by atoms with Crippen molar-refractivity contribution in [2.75, 3.05) is 7.11 Å². The number of fused-ring (bicyclic) bond motifs is 2. The lowest BCUT2D eigenvalue weighted by Gasteiger charge is -2.43. The first-order valence-electron chi connectivity index (χ1n) is 8.26. The number of hydrogen-bond acceptors (Lipinski definition) is 2. The van der Waals surface area contributed by atoms with Gasteiger partial charge in [0, 0.05) is 19.7 Å². The molecule has 3 atom stereocenters. The van der Waals surface area contributed by atoms with Crippen molar-refractivity contribution in [2.24, 2.45) is 16.7 Å². The van der Waals surface area contributed by atoms with Gasteiger partial charge in [0.25, 0.3) is 0 Å². The molecule has 2 bridgehead atoms. The second-order valence-corrected chi connectivity index (χ2v) is 7.93. The van der Waals surface area contributed by atoms with E-state index >= 15 is 0 Å². The highest BCUT2D eigenvalue weighted by Crippen LogP contribution is 2.62. The molecule has 116 valence electrons. The molecule has 0 aromatic heterocycles. The molecule has 1 N–H and O–H groups in total. The fraction of sp³-hybridized carbons (Fsp3) is 0.684. The van der Waals surface area contributed by atoms with E-state index in [4.69, 9.17) is 4.74 Å². The smallest absolute Gasteiger partial charge is 0.0716 e. The van der Waals surface area contributed by atoms with Gasteiger partial charge in [-0.15, -0.1) is 0 Å². The van der Waals surface area contributed by atoms with E-state index in [0.717, 1.165) is 12.5 Å². The number of benzene rings is 1. The Bertz CT molecular complexity index is 505. The number of ether oxygens (including phenoxy) is 1. The lowest BCUT2D eigenvalue weighted by molar-refractivity contribution is 0.107. The molecule has 0 spiro atoms. The third kappa shape index (κ3) is 2.53. The molecule has 2 aliphatic rings. The minimum Gasteiger partial charge on any atom is -0.380 e. The van der Waals surface area contributed by atoms with Crippen molar-refractivity contribution < 1.29 is 4.74 Å². The summed E-state index contributed by atoms with van der Waals surface area (Å²) in [6, 6.07) is 9.25. The molecule has 2 saturated carbocycles. The minimum absolute atomic E-state index is 0.420. The van der Waals surface area contributed by atoms with Gasteiger partial charge in [0.15, 0.2) is 0 Å². The summed E-state index contributed by atoms with van der Waals surface area (Å²) in [5.74, 6) is 0.897. The van der Waals surface area contributed by atoms with Crippen LogP contribution in [0, 0.1) is 16.7 Å². The standard InChI is InChI=1S/C19H29NO/c1-18(2)16-9-10-19(3,11-16)17(18)20-12-14-7-5-6-8-15(14)13-21-4/h5-8,16-17,20H,9-13H2,1-4H3. The molecule has 2 nitrogen and oxygen atoms in total. The Morgan fingerprint density at radius 2 is 1.90 bits per heavy atom. The van der Waals surface area contributed by atoms with Crippen LogP contribution in [0.1, 0.15) is 51.2 Å². The first kappa shape index (κ1) is 15.1. The highest BCUT2D eigenvalue weighted by molar-refractivity contribution is 5.27. The van der Waals surface area contributed by atoms with Gasteiger partial charge in [-0.2, -0.15) is 0 Å². The Morgan fingerprint density at radius 1 is 1.19 bits per heavy atom. The Balaban J connectivity index is 1.73. The predicted octanol–water partition coefficient (Wildman–Crippen LogP) is 4.14. The lowest BCUT2D eigenvalue weighted by atomic mass is 9.68. The summed E-state index contributed by atoms with van der Waals surface area (Å²) in [6.45, 7) is 9.06. The fourth-order valence-corrected chi connectivity index (χ4v) is 5.05. The van der Waals surface area contributed by atoms with Crippen LogP contribution < -0.4 is 5.32 Å². The normalized spacial score (nSPS) is 33.5. The van der Waals surface area contributed by atoms with Crippen LogP contribution >= 0.6 is 0 Å². The van der Waals surface area contributed by atoms with Gasteiger partial charge in [-0.05, 0) is 47.1 Å². The maximum Gasteiger partial charge on any atom is 0.0716 e.